The number of rotatable bonds is 5. The van der Waals surface area contributed by atoms with Gasteiger partial charge in [0.15, 0.2) is 0 Å². The largest absolute Gasteiger partial charge is 0.496 e. The summed E-state index contributed by atoms with van der Waals surface area (Å²) in [5, 5.41) is 0. The molecule has 1 saturated heterocycles. The average molecular weight is 277 g/mol. The average Bonchev–Trinajstić information content (AvgIpc) is 2.60. The molecule has 2 heterocycles. The van der Waals surface area contributed by atoms with Gasteiger partial charge in [0.2, 0.25) is 5.88 Å². The Morgan fingerprint density at radius 2 is 1.80 bits per heavy atom. The lowest BCUT2D eigenvalue weighted by atomic mass is 9.80. The summed E-state index contributed by atoms with van der Waals surface area (Å²) in [5.41, 5.74) is 0.272. The molecular formula is C15H24BNO3. The van der Waals surface area contributed by atoms with E-state index in [1.54, 1.807) is 6.20 Å². The maximum atomic E-state index is 5.99. The van der Waals surface area contributed by atoms with E-state index in [-0.39, 0.29) is 18.3 Å². The Hall–Kier alpha value is -1.07. The van der Waals surface area contributed by atoms with Crippen molar-refractivity contribution in [3.63, 3.8) is 0 Å². The minimum Gasteiger partial charge on any atom is -0.478 e. The highest BCUT2D eigenvalue weighted by Crippen LogP contribution is 2.36. The summed E-state index contributed by atoms with van der Waals surface area (Å²) < 4.78 is 17.5. The molecule has 1 aliphatic heterocycles. The second kappa shape index (κ2) is 5.74. The van der Waals surface area contributed by atoms with Crippen LogP contribution in [0.1, 0.15) is 47.5 Å². The molecule has 1 aliphatic rings. The summed E-state index contributed by atoms with van der Waals surface area (Å²) in [4.78, 5) is 4.31. The third kappa shape index (κ3) is 3.15. The van der Waals surface area contributed by atoms with Gasteiger partial charge in [0, 0.05) is 11.7 Å². The zero-order chi connectivity index (χ0) is 14.8. The van der Waals surface area contributed by atoms with Crippen molar-refractivity contribution < 1.29 is 14.0 Å². The van der Waals surface area contributed by atoms with Crippen molar-refractivity contribution in [2.45, 2.75) is 58.7 Å². The molecule has 2 rings (SSSR count). The summed E-state index contributed by atoms with van der Waals surface area (Å²) in [6.45, 7) is 11.0. The standard InChI is InChI=1S/C15H24BNO3/c1-6-7-10-18-13-9-8-12(11-17-13)16-19-14(2,3)15(4,5)20-16/h8-9,11H,6-7,10H2,1-5H3. The van der Waals surface area contributed by atoms with Gasteiger partial charge in [-0.2, -0.15) is 0 Å². The van der Waals surface area contributed by atoms with Crippen molar-refractivity contribution in [1.29, 1.82) is 0 Å². The topological polar surface area (TPSA) is 40.6 Å². The predicted octanol–water partition coefficient (Wildman–Crippen LogP) is 2.56. The predicted molar refractivity (Wildman–Crippen MR) is 80.4 cm³/mol. The Labute approximate surface area is 122 Å². The van der Waals surface area contributed by atoms with Crippen LogP contribution >= 0.6 is 0 Å². The quantitative estimate of drug-likeness (QED) is 0.612. The first-order chi connectivity index (χ1) is 9.36. The number of hydrogen-bond donors (Lipinski definition) is 0. The summed E-state index contributed by atoms with van der Waals surface area (Å²) >= 11 is 0. The van der Waals surface area contributed by atoms with Crippen LogP contribution in [-0.4, -0.2) is 29.9 Å². The molecule has 0 saturated carbocycles. The van der Waals surface area contributed by atoms with Crippen LogP contribution in [0, 0.1) is 0 Å². The monoisotopic (exact) mass is 277 g/mol. The fourth-order valence-electron chi connectivity index (χ4n) is 1.92. The first-order valence-electron chi connectivity index (χ1n) is 7.30. The number of nitrogens with zero attached hydrogens (tertiary/aromatic N) is 1. The van der Waals surface area contributed by atoms with Gasteiger partial charge < -0.3 is 14.0 Å². The van der Waals surface area contributed by atoms with E-state index in [2.05, 4.69) is 11.9 Å². The summed E-state index contributed by atoms with van der Waals surface area (Å²) in [5.74, 6) is 0.652. The molecule has 1 aromatic rings. The van der Waals surface area contributed by atoms with E-state index in [0.29, 0.717) is 12.5 Å². The number of unbranched alkanes of at least 4 members (excludes halogenated alkanes) is 1. The maximum absolute atomic E-state index is 5.99. The van der Waals surface area contributed by atoms with Crippen molar-refractivity contribution in [3.05, 3.63) is 18.3 Å². The zero-order valence-corrected chi connectivity index (χ0v) is 13.1. The Bertz CT molecular complexity index is 429. The summed E-state index contributed by atoms with van der Waals surface area (Å²) in [6, 6.07) is 3.83. The van der Waals surface area contributed by atoms with Gasteiger partial charge >= 0.3 is 7.12 Å². The second-order valence-electron chi connectivity index (χ2n) is 6.22. The van der Waals surface area contributed by atoms with Gasteiger partial charge in [-0.1, -0.05) is 19.4 Å². The van der Waals surface area contributed by atoms with Crippen molar-refractivity contribution in [2.75, 3.05) is 6.61 Å². The Kier molecular flexibility index (Phi) is 4.40. The van der Waals surface area contributed by atoms with Crippen molar-refractivity contribution in [3.8, 4) is 5.88 Å². The fourth-order valence-corrected chi connectivity index (χ4v) is 1.92. The van der Waals surface area contributed by atoms with Crippen LogP contribution in [0.3, 0.4) is 0 Å². The molecule has 0 N–H and O–H groups in total. The Morgan fingerprint density at radius 1 is 1.15 bits per heavy atom. The smallest absolute Gasteiger partial charge is 0.478 e. The number of ether oxygens (including phenoxy) is 1. The third-order valence-electron chi connectivity index (χ3n) is 4.03. The molecule has 0 amide bonds. The molecule has 5 heteroatoms. The van der Waals surface area contributed by atoms with Gasteiger partial charge in [0.25, 0.3) is 0 Å². The molecule has 0 radical (unpaired) electrons. The normalized spacial score (nSPS) is 20.1. The number of hydrogen-bond acceptors (Lipinski definition) is 4. The van der Waals surface area contributed by atoms with Crippen LogP contribution in [0.25, 0.3) is 0 Å². The van der Waals surface area contributed by atoms with Crippen molar-refractivity contribution in [2.24, 2.45) is 0 Å². The second-order valence-corrected chi connectivity index (χ2v) is 6.22. The van der Waals surface area contributed by atoms with Gasteiger partial charge in [-0.15, -0.1) is 0 Å². The van der Waals surface area contributed by atoms with Crippen LogP contribution < -0.4 is 10.2 Å². The molecular weight excluding hydrogens is 253 g/mol. The lowest BCUT2D eigenvalue weighted by Gasteiger charge is -2.32. The van der Waals surface area contributed by atoms with Crippen molar-refractivity contribution >= 4 is 12.6 Å². The van der Waals surface area contributed by atoms with Gasteiger partial charge in [-0.05, 0) is 40.2 Å². The van der Waals surface area contributed by atoms with Crippen LogP contribution in [0.4, 0.5) is 0 Å². The molecule has 1 fully saturated rings. The molecule has 0 aliphatic carbocycles. The van der Waals surface area contributed by atoms with Gasteiger partial charge in [-0.25, -0.2) is 4.98 Å². The van der Waals surface area contributed by atoms with Gasteiger partial charge in [-0.3, -0.25) is 0 Å². The van der Waals surface area contributed by atoms with Gasteiger partial charge in [0.05, 0.1) is 17.8 Å². The van der Waals surface area contributed by atoms with E-state index in [9.17, 15) is 0 Å². The van der Waals surface area contributed by atoms with E-state index in [0.717, 1.165) is 18.3 Å². The highest BCUT2D eigenvalue weighted by molar-refractivity contribution is 6.62. The van der Waals surface area contributed by atoms with Crippen LogP contribution in [-0.2, 0) is 9.31 Å². The lowest BCUT2D eigenvalue weighted by Crippen LogP contribution is -2.41. The highest BCUT2D eigenvalue weighted by atomic mass is 16.7. The zero-order valence-electron chi connectivity index (χ0n) is 13.1. The lowest BCUT2D eigenvalue weighted by molar-refractivity contribution is 0.00578. The minimum absolute atomic E-state index is 0.325. The summed E-state index contributed by atoms with van der Waals surface area (Å²) in [6.07, 6.45) is 3.93. The van der Waals surface area contributed by atoms with Gasteiger partial charge in [0.1, 0.15) is 0 Å². The molecule has 4 nitrogen and oxygen atoms in total. The molecule has 0 spiro atoms. The maximum Gasteiger partial charge on any atom is 0.496 e. The molecule has 0 atom stereocenters. The van der Waals surface area contributed by atoms with Crippen LogP contribution in [0.5, 0.6) is 5.88 Å². The first-order valence-corrected chi connectivity index (χ1v) is 7.30. The van der Waals surface area contributed by atoms with E-state index in [4.69, 9.17) is 14.0 Å². The van der Waals surface area contributed by atoms with E-state index >= 15 is 0 Å². The third-order valence-corrected chi connectivity index (χ3v) is 4.03. The van der Waals surface area contributed by atoms with Crippen LogP contribution in [0.15, 0.2) is 18.3 Å². The Balaban J connectivity index is 2.01. The van der Waals surface area contributed by atoms with Crippen LogP contribution in [0.2, 0.25) is 0 Å². The van der Waals surface area contributed by atoms with E-state index in [1.165, 1.54) is 0 Å². The van der Waals surface area contributed by atoms with Crippen molar-refractivity contribution in [1.82, 2.24) is 4.98 Å². The molecule has 20 heavy (non-hydrogen) atoms. The molecule has 0 unspecified atom stereocenters. The Morgan fingerprint density at radius 3 is 2.30 bits per heavy atom. The molecule has 0 aromatic carbocycles. The minimum atomic E-state index is -0.364. The highest BCUT2D eigenvalue weighted by Gasteiger charge is 2.51. The summed E-state index contributed by atoms with van der Waals surface area (Å²) in [7, 11) is -0.364. The number of aromatic nitrogens is 1. The van der Waals surface area contributed by atoms with E-state index < -0.39 is 0 Å². The number of pyridine rings is 1. The van der Waals surface area contributed by atoms with E-state index in [1.807, 2.05) is 39.8 Å². The molecule has 1 aromatic heterocycles. The SMILES string of the molecule is CCCCOc1ccc(B2OC(C)(C)C(C)(C)O2)cn1. The molecule has 110 valence electrons. The first kappa shape index (κ1) is 15.3. The fraction of sp³-hybridized carbons (Fsp3) is 0.667. The molecule has 0 bridgehead atoms.